The van der Waals surface area contributed by atoms with Crippen LogP contribution in [0.1, 0.15) is 21.7 Å². The molecule has 0 fully saturated rings. The first-order valence-electron chi connectivity index (χ1n) is 7.46. The minimum atomic E-state index is -0.595. The third-order valence-electron chi connectivity index (χ3n) is 3.63. The van der Waals surface area contributed by atoms with Gasteiger partial charge in [0, 0.05) is 13.0 Å². The average Bonchev–Trinajstić information content (AvgIpc) is 3.04. The fraction of sp³-hybridized carbons (Fsp3) is 0.188. The smallest absolute Gasteiger partial charge is 0.261 e. The zero-order valence-corrected chi connectivity index (χ0v) is 14.2. The summed E-state index contributed by atoms with van der Waals surface area (Å²) in [6.07, 6.45) is 2.83. The second-order valence-corrected chi connectivity index (χ2v) is 6.44. The molecule has 1 aromatic carbocycles. The number of carbonyl (C=O) groups excluding carboxylic acids is 2. The highest BCUT2D eigenvalue weighted by atomic mass is 32.1. The van der Waals surface area contributed by atoms with Crippen molar-refractivity contribution in [2.24, 2.45) is 5.73 Å². The number of hydrogen-bond donors (Lipinski definition) is 2. The number of aryl methyl sites for hydroxylation is 2. The molecule has 0 aliphatic rings. The number of anilines is 1. The third kappa shape index (κ3) is 3.56. The summed E-state index contributed by atoms with van der Waals surface area (Å²) in [6.45, 7) is 2.08. The normalized spacial score (nSPS) is 10.8. The minimum absolute atomic E-state index is 0.0738. The predicted molar refractivity (Wildman–Crippen MR) is 94.6 cm³/mol. The molecule has 3 N–H and O–H groups in total. The van der Waals surface area contributed by atoms with Crippen molar-refractivity contribution in [3.8, 4) is 0 Å². The fourth-order valence-electron chi connectivity index (χ4n) is 2.35. The highest BCUT2D eigenvalue weighted by molar-refractivity contribution is 7.17. The lowest BCUT2D eigenvalue weighted by Gasteiger charge is -2.07. The second kappa shape index (κ2) is 6.81. The number of nitrogens with two attached hydrogens (primary N) is 1. The van der Waals surface area contributed by atoms with Crippen molar-refractivity contribution in [2.75, 3.05) is 5.32 Å². The Morgan fingerprint density at radius 1 is 1.32 bits per heavy atom. The molecule has 2 amide bonds. The van der Waals surface area contributed by atoms with E-state index in [4.69, 9.17) is 5.73 Å². The van der Waals surface area contributed by atoms with Gasteiger partial charge in [-0.1, -0.05) is 23.5 Å². The summed E-state index contributed by atoms with van der Waals surface area (Å²) in [5.74, 6) is -0.913. The molecule has 0 aliphatic heterocycles. The minimum Gasteiger partial charge on any atom is -0.365 e. The molecular formula is C16H15N5O3S. The monoisotopic (exact) mass is 357 g/mol. The van der Waals surface area contributed by atoms with Crippen molar-refractivity contribution < 1.29 is 9.59 Å². The van der Waals surface area contributed by atoms with Crippen LogP contribution in [0, 0.1) is 6.92 Å². The topological polar surface area (TPSA) is 120 Å². The van der Waals surface area contributed by atoms with Crippen LogP contribution < -0.4 is 16.6 Å². The lowest BCUT2D eigenvalue weighted by Crippen LogP contribution is -2.23. The molecule has 25 heavy (non-hydrogen) atoms. The maximum absolute atomic E-state index is 12.5. The van der Waals surface area contributed by atoms with Gasteiger partial charge in [-0.25, -0.2) is 9.97 Å². The van der Waals surface area contributed by atoms with E-state index in [1.165, 1.54) is 17.1 Å². The summed E-state index contributed by atoms with van der Waals surface area (Å²) in [7, 11) is 0. The number of hydrogen-bond acceptors (Lipinski definition) is 6. The summed E-state index contributed by atoms with van der Waals surface area (Å²) >= 11 is 0.999. The van der Waals surface area contributed by atoms with Crippen LogP contribution in [0.15, 0.2) is 35.5 Å². The Kier molecular flexibility index (Phi) is 4.57. The van der Waals surface area contributed by atoms with Crippen LogP contribution >= 0.6 is 11.3 Å². The van der Waals surface area contributed by atoms with Gasteiger partial charge in [-0.3, -0.25) is 19.0 Å². The maximum atomic E-state index is 12.5. The highest BCUT2D eigenvalue weighted by Crippen LogP contribution is 2.17. The van der Waals surface area contributed by atoms with Crippen LogP contribution in [0.25, 0.3) is 10.9 Å². The summed E-state index contributed by atoms with van der Waals surface area (Å²) in [4.78, 5) is 43.9. The third-order valence-corrected chi connectivity index (χ3v) is 4.56. The van der Waals surface area contributed by atoms with E-state index in [0.29, 0.717) is 16.0 Å². The first-order valence-corrected chi connectivity index (χ1v) is 8.27. The first-order chi connectivity index (χ1) is 12.0. The van der Waals surface area contributed by atoms with Gasteiger partial charge in [0.15, 0.2) is 5.13 Å². The SMILES string of the molecule is Cc1cccc2c(=O)n(CCC(=O)Nc3ncc(C(N)=O)s3)cnc12. The number of primary amides is 1. The van der Waals surface area contributed by atoms with Gasteiger partial charge in [-0.2, -0.15) is 0 Å². The number of benzene rings is 1. The Morgan fingerprint density at radius 3 is 2.84 bits per heavy atom. The van der Waals surface area contributed by atoms with Crippen molar-refractivity contribution in [2.45, 2.75) is 19.9 Å². The summed E-state index contributed by atoms with van der Waals surface area (Å²) < 4.78 is 1.40. The Balaban J connectivity index is 1.69. The molecular weight excluding hydrogens is 342 g/mol. The summed E-state index contributed by atoms with van der Waals surface area (Å²) in [6, 6.07) is 5.41. The number of para-hydroxylation sites is 1. The lowest BCUT2D eigenvalue weighted by atomic mass is 10.1. The molecule has 0 spiro atoms. The van der Waals surface area contributed by atoms with Crippen LogP contribution in [0.3, 0.4) is 0 Å². The molecule has 0 radical (unpaired) electrons. The molecule has 3 aromatic rings. The van der Waals surface area contributed by atoms with Crippen LogP contribution in [-0.4, -0.2) is 26.3 Å². The number of nitrogens with zero attached hydrogens (tertiary/aromatic N) is 3. The lowest BCUT2D eigenvalue weighted by molar-refractivity contribution is -0.116. The number of nitrogens with one attached hydrogen (secondary N) is 1. The fourth-order valence-corrected chi connectivity index (χ4v) is 3.03. The number of carbonyl (C=O) groups is 2. The maximum Gasteiger partial charge on any atom is 0.261 e. The van der Waals surface area contributed by atoms with E-state index in [9.17, 15) is 14.4 Å². The predicted octanol–water partition coefficient (Wildman–Crippen LogP) is 1.29. The summed E-state index contributed by atoms with van der Waals surface area (Å²) in [5, 5.41) is 3.39. The largest absolute Gasteiger partial charge is 0.365 e. The zero-order chi connectivity index (χ0) is 18.0. The molecule has 3 rings (SSSR count). The first kappa shape index (κ1) is 16.8. The van der Waals surface area contributed by atoms with E-state index in [1.54, 1.807) is 12.1 Å². The van der Waals surface area contributed by atoms with Gasteiger partial charge in [0.05, 0.1) is 23.4 Å². The molecule has 2 heterocycles. The molecule has 9 heteroatoms. The average molecular weight is 357 g/mol. The molecule has 2 aromatic heterocycles. The highest BCUT2D eigenvalue weighted by Gasteiger charge is 2.11. The van der Waals surface area contributed by atoms with Gasteiger partial charge < -0.3 is 11.1 Å². The van der Waals surface area contributed by atoms with E-state index in [0.717, 1.165) is 16.9 Å². The van der Waals surface area contributed by atoms with Crippen molar-refractivity contribution in [1.82, 2.24) is 14.5 Å². The van der Waals surface area contributed by atoms with Gasteiger partial charge >= 0.3 is 0 Å². The number of aromatic nitrogens is 3. The van der Waals surface area contributed by atoms with E-state index < -0.39 is 5.91 Å². The molecule has 128 valence electrons. The summed E-state index contributed by atoms with van der Waals surface area (Å²) in [5.41, 5.74) is 6.54. The Morgan fingerprint density at radius 2 is 2.12 bits per heavy atom. The van der Waals surface area contributed by atoms with E-state index >= 15 is 0 Å². The zero-order valence-electron chi connectivity index (χ0n) is 13.4. The van der Waals surface area contributed by atoms with Crippen LogP contribution in [0.5, 0.6) is 0 Å². The molecule has 0 atom stereocenters. The van der Waals surface area contributed by atoms with Crippen molar-refractivity contribution in [3.63, 3.8) is 0 Å². The van der Waals surface area contributed by atoms with Gasteiger partial charge in [0.1, 0.15) is 4.88 Å². The van der Waals surface area contributed by atoms with Crippen LogP contribution in [-0.2, 0) is 11.3 Å². The standard InChI is InChI=1S/C16H15N5O3S/c1-9-3-2-4-10-13(9)19-8-21(15(10)24)6-5-12(22)20-16-18-7-11(25-16)14(17)23/h2-4,7-8H,5-6H2,1H3,(H2,17,23)(H,18,20,22). The number of amides is 2. The van der Waals surface area contributed by atoms with E-state index in [1.807, 2.05) is 13.0 Å². The molecule has 8 nitrogen and oxygen atoms in total. The molecule has 0 unspecified atom stereocenters. The number of rotatable bonds is 5. The molecule has 0 saturated heterocycles. The second-order valence-electron chi connectivity index (χ2n) is 5.41. The number of thiazole rings is 1. The number of fused-ring (bicyclic) bond motifs is 1. The Hall–Kier alpha value is -3.07. The molecule has 0 bridgehead atoms. The van der Waals surface area contributed by atoms with Crippen LogP contribution in [0.2, 0.25) is 0 Å². The van der Waals surface area contributed by atoms with E-state index in [-0.39, 0.29) is 29.3 Å². The van der Waals surface area contributed by atoms with E-state index in [2.05, 4.69) is 15.3 Å². The Bertz CT molecular complexity index is 1020. The quantitative estimate of drug-likeness (QED) is 0.713. The molecule has 0 saturated carbocycles. The molecule has 0 aliphatic carbocycles. The Labute approximate surface area is 146 Å². The van der Waals surface area contributed by atoms with Gasteiger partial charge in [0.2, 0.25) is 5.91 Å². The van der Waals surface area contributed by atoms with Crippen LogP contribution in [0.4, 0.5) is 5.13 Å². The van der Waals surface area contributed by atoms with Crippen molar-refractivity contribution in [1.29, 1.82) is 0 Å². The van der Waals surface area contributed by atoms with Gasteiger partial charge in [-0.15, -0.1) is 0 Å². The van der Waals surface area contributed by atoms with Crippen molar-refractivity contribution >= 4 is 39.2 Å². The van der Waals surface area contributed by atoms with Gasteiger partial charge in [-0.05, 0) is 18.6 Å². The van der Waals surface area contributed by atoms with Crippen molar-refractivity contribution in [3.05, 3.63) is 51.5 Å². The van der Waals surface area contributed by atoms with Gasteiger partial charge in [0.25, 0.3) is 11.5 Å².